The number of nitrogens with one attached hydrogen (secondary N) is 2. The Hall–Kier alpha value is -2.76. The number of alkyl halides is 3. The number of benzene rings is 2. The normalized spacial score (nSPS) is 15.1. The molecule has 0 spiro atoms. The molecule has 4 rings (SSSR count). The monoisotopic (exact) mass is 500 g/mol. The summed E-state index contributed by atoms with van der Waals surface area (Å²) in [7, 11) is 2.11. The number of piperidine rings is 1. The maximum Gasteiger partial charge on any atom is 0.406 e. The van der Waals surface area contributed by atoms with Crippen LogP contribution in [-0.2, 0) is 6.54 Å². The Morgan fingerprint density at radius 3 is 2.51 bits per heavy atom. The highest BCUT2D eigenvalue weighted by Crippen LogP contribution is 2.31. The standard InChI is InChI=1S/C27H31F3N4S/c1-3-35-23-11-9-20(10-12-23)31-15-5-6-22-18-24-25(32-21-13-16-33(2)17-14-21)7-4-8-26(24)34(22)19-27(28,29)30/h4,7-12,18,21,31-32H,3,13-17,19H2,1-2H3. The first-order chi connectivity index (χ1) is 16.8. The van der Waals surface area contributed by atoms with Gasteiger partial charge in [0.05, 0.1) is 17.8 Å². The van der Waals surface area contributed by atoms with Gasteiger partial charge in [-0.05, 0) is 87.1 Å². The first-order valence-electron chi connectivity index (χ1n) is 11.9. The minimum Gasteiger partial charge on any atom is -0.382 e. The molecule has 2 heterocycles. The topological polar surface area (TPSA) is 32.2 Å². The van der Waals surface area contributed by atoms with E-state index in [4.69, 9.17) is 0 Å². The molecule has 0 atom stereocenters. The lowest BCUT2D eigenvalue weighted by atomic mass is 10.0. The van der Waals surface area contributed by atoms with Crippen LogP contribution in [0.1, 0.15) is 25.5 Å². The van der Waals surface area contributed by atoms with E-state index < -0.39 is 12.7 Å². The van der Waals surface area contributed by atoms with Gasteiger partial charge in [-0.2, -0.15) is 13.2 Å². The Kier molecular flexibility index (Phi) is 8.19. The van der Waals surface area contributed by atoms with Gasteiger partial charge >= 0.3 is 6.18 Å². The van der Waals surface area contributed by atoms with E-state index >= 15 is 0 Å². The van der Waals surface area contributed by atoms with Crippen LogP contribution in [-0.4, -0.2) is 54.1 Å². The number of hydrogen-bond donors (Lipinski definition) is 2. The van der Waals surface area contributed by atoms with Crippen molar-refractivity contribution in [2.75, 3.05) is 43.1 Å². The van der Waals surface area contributed by atoms with Gasteiger partial charge in [0.15, 0.2) is 0 Å². The fraction of sp³-hybridized carbons (Fsp3) is 0.407. The highest BCUT2D eigenvalue weighted by atomic mass is 32.2. The molecular weight excluding hydrogens is 469 g/mol. The summed E-state index contributed by atoms with van der Waals surface area (Å²) in [6.45, 7) is 3.40. The van der Waals surface area contributed by atoms with Gasteiger partial charge in [0.25, 0.3) is 0 Å². The Bertz CT molecular complexity index is 1180. The van der Waals surface area contributed by atoms with Crippen LogP contribution in [0.3, 0.4) is 0 Å². The van der Waals surface area contributed by atoms with Crippen molar-refractivity contribution in [3.63, 3.8) is 0 Å². The molecule has 1 fully saturated rings. The summed E-state index contributed by atoms with van der Waals surface area (Å²) in [4.78, 5) is 3.49. The van der Waals surface area contributed by atoms with E-state index in [2.05, 4.69) is 41.3 Å². The van der Waals surface area contributed by atoms with Gasteiger partial charge in [-0.1, -0.05) is 18.9 Å². The van der Waals surface area contributed by atoms with Crippen molar-refractivity contribution in [1.82, 2.24) is 9.47 Å². The molecule has 35 heavy (non-hydrogen) atoms. The van der Waals surface area contributed by atoms with Crippen molar-refractivity contribution in [3.8, 4) is 11.8 Å². The van der Waals surface area contributed by atoms with Crippen LogP contribution in [0.5, 0.6) is 0 Å². The summed E-state index contributed by atoms with van der Waals surface area (Å²) >= 11 is 1.77. The molecule has 8 heteroatoms. The molecule has 1 aliphatic rings. The van der Waals surface area contributed by atoms with Crippen molar-refractivity contribution in [2.24, 2.45) is 0 Å². The predicted octanol–water partition coefficient (Wildman–Crippen LogP) is 6.29. The second-order valence-electron chi connectivity index (χ2n) is 8.80. The summed E-state index contributed by atoms with van der Waals surface area (Å²) in [5, 5.41) is 7.57. The van der Waals surface area contributed by atoms with E-state index in [-0.39, 0.29) is 0 Å². The fourth-order valence-corrected chi connectivity index (χ4v) is 5.01. The molecule has 0 bridgehead atoms. The largest absolute Gasteiger partial charge is 0.406 e. The van der Waals surface area contributed by atoms with E-state index in [1.165, 1.54) is 9.46 Å². The molecule has 1 saturated heterocycles. The second kappa shape index (κ2) is 11.3. The number of hydrogen-bond acceptors (Lipinski definition) is 4. The zero-order chi connectivity index (χ0) is 24.8. The number of halogens is 3. The maximum absolute atomic E-state index is 13.4. The summed E-state index contributed by atoms with van der Waals surface area (Å²) in [6, 6.07) is 15.6. The van der Waals surface area contributed by atoms with Gasteiger partial charge in [-0.15, -0.1) is 11.8 Å². The molecule has 3 aromatic rings. The summed E-state index contributed by atoms with van der Waals surface area (Å²) in [6.07, 6.45) is -2.32. The van der Waals surface area contributed by atoms with Crippen molar-refractivity contribution in [3.05, 3.63) is 54.2 Å². The van der Waals surface area contributed by atoms with Crippen molar-refractivity contribution >= 4 is 34.0 Å². The maximum atomic E-state index is 13.4. The number of likely N-dealkylation sites (tertiary alicyclic amines) is 1. The van der Waals surface area contributed by atoms with Crippen molar-refractivity contribution < 1.29 is 13.2 Å². The second-order valence-corrected chi connectivity index (χ2v) is 10.1. The third kappa shape index (κ3) is 6.89. The summed E-state index contributed by atoms with van der Waals surface area (Å²) in [5.41, 5.74) is 2.71. The molecule has 0 radical (unpaired) electrons. The highest BCUT2D eigenvalue weighted by molar-refractivity contribution is 7.99. The van der Waals surface area contributed by atoms with Crippen molar-refractivity contribution in [1.29, 1.82) is 0 Å². The Morgan fingerprint density at radius 1 is 1.09 bits per heavy atom. The molecule has 2 aromatic carbocycles. The Balaban J connectivity index is 1.55. The molecule has 1 aromatic heterocycles. The number of aromatic nitrogens is 1. The van der Waals surface area contributed by atoms with Crippen LogP contribution in [0.15, 0.2) is 53.4 Å². The summed E-state index contributed by atoms with van der Waals surface area (Å²) in [5.74, 6) is 6.99. The molecule has 2 N–H and O–H groups in total. The van der Waals surface area contributed by atoms with Crippen LogP contribution in [0.4, 0.5) is 24.5 Å². The highest BCUT2D eigenvalue weighted by Gasteiger charge is 2.30. The fourth-order valence-electron chi connectivity index (χ4n) is 4.35. The van der Waals surface area contributed by atoms with E-state index in [0.717, 1.165) is 48.4 Å². The predicted molar refractivity (Wildman–Crippen MR) is 140 cm³/mol. The number of anilines is 2. The van der Waals surface area contributed by atoms with Crippen LogP contribution in [0.25, 0.3) is 10.9 Å². The summed E-state index contributed by atoms with van der Waals surface area (Å²) < 4.78 is 41.6. The lowest BCUT2D eigenvalue weighted by molar-refractivity contribution is -0.140. The Labute approximate surface area is 209 Å². The molecule has 4 nitrogen and oxygen atoms in total. The van der Waals surface area contributed by atoms with Crippen LogP contribution in [0.2, 0.25) is 0 Å². The number of fused-ring (bicyclic) bond motifs is 1. The van der Waals surface area contributed by atoms with Gasteiger partial charge in [0.2, 0.25) is 0 Å². The molecule has 0 aliphatic carbocycles. The quantitative estimate of drug-likeness (QED) is 0.295. The average molecular weight is 501 g/mol. The minimum atomic E-state index is -4.34. The first kappa shape index (κ1) is 25.3. The van der Waals surface area contributed by atoms with Gasteiger partial charge < -0.3 is 20.1 Å². The first-order valence-corrected chi connectivity index (χ1v) is 12.9. The molecule has 1 aliphatic heterocycles. The number of nitrogens with zero attached hydrogens (tertiary/aromatic N) is 2. The van der Waals surface area contributed by atoms with E-state index in [1.54, 1.807) is 23.9 Å². The third-order valence-corrected chi connectivity index (χ3v) is 7.02. The third-order valence-electron chi connectivity index (χ3n) is 6.12. The Morgan fingerprint density at radius 2 is 1.83 bits per heavy atom. The van der Waals surface area contributed by atoms with E-state index in [1.807, 2.05) is 36.4 Å². The molecule has 186 valence electrons. The number of rotatable bonds is 7. The van der Waals surface area contributed by atoms with E-state index in [9.17, 15) is 13.2 Å². The van der Waals surface area contributed by atoms with Crippen LogP contribution >= 0.6 is 11.8 Å². The van der Waals surface area contributed by atoms with E-state index in [0.29, 0.717) is 23.8 Å². The van der Waals surface area contributed by atoms with Crippen molar-refractivity contribution in [2.45, 2.75) is 43.4 Å². The SMILES string of the molecule is CCSc1ccc(NCC#Cc2cc3c(NC4CCN(C)CC4)cccc3n2CC(F)(F)F)cc1. The smallest absolute Gasteiger partial charge is 0.382 e. The zero-order valence-corrected chi connectivity index (χ0v) is 20.9. The lowest BCUT2D eigenvalue weighted by Crippen LogP contribution is -2.36. The van der Waals surface area contributed by atoms with Crippen LogP contribution in [0, 0.1) is 11.8 Å². The molecule has 0 amide bonds. The molecule has 0 saturated carbocycles. The van der Waals surface area contributed by atoms with Gasteiger partial charge in [0, 0.05) is 27.7 Å². The molecular formula is C27H31F3N4S. The molecule has 0 unspecified atom stereocenters. The number of thioether (sulfide) groups is 1. The van der Waals surface area contributed by atoms with Crippen LogP contribution < -0.4 is 10.6 Å². The van der Waals surface area contributed by atoms with Gasteiger partial charge in [-0.25, -0.2) is 0 Å². The lowest BCUT2D eigenvalue weighted by Gasteiger charge is -2.30. The minimum absolute atomic E-state index is 0.309. The van der Waals surface area contributed by atoms with Gasteiger partial charge in [0.1, 0.15) is 6.54 Å². The average Bonchev–Trinajstić information content (AvgIpc) is 3.16. The zero-order valence-electron chi connectivity index (χ0n) is 20.1. The van der Waals surface area contributed by atoms with Gasteiger partial charge in [-0.3, -0.25) is 0 Å².